The molecular formula is C22H28F2N8O4. The Morgan fingerprint density at radius 1 is 1.11 bits per heavy atom. The Bertz CT molecular complexity index is 1090. The van der Waals surface area contributed by atoms with Gasteiger partial charge in [-0.15, -0.1) is 5.10 Å². The van der Waals surface area contributed by atoms with Gasteiger partial charge >= 0.3 is 6.09 Å². The van der Waals surface area contributed by atoms with Crippen LogP contribution in [-0.2, 0) is 14.3 Å². The zero-order chi connectivity index (χ0) is 25.2. The lowest BCUT2D eigenvalue weighted by Crippen LogP contribution is -2.37. The highest BCUT2D eigenvalue weighted by atomic mass is 19.1. The lowest BCUT2D eigenvalue weighted by Gasteiger charge is -2.33. The summed E-state index contributed by atoms with van der Waals surface area (Å²) in [6.45, 7) is 5.07. The Morgan fingerprint density at radius 3 is 2.47 bits per heavy atom. The van der Waals surface area contributed by atoms with Gasteiger partial charge in [-0.05, 0) is 18.1 Å². The number of carbonyl (C=O) groups is 2. The van der Waals surface area contributed by atoms with Crippen molar-refractivity contribution in [3.05, 3.63) is 23.8 Å². The van der Waals surface area contributed by atoms with E-state index < -0.39 is 23.8 Å². The summed E-state index contributed by atoms with van der Waals surface area (Å²) in [7, 11) is 0. The van der Waals surface area contributed by atoms with Crippen LogP contribution in [0, 0.1) is 11.6 Å². The number of ether oxygens (including phenoxy) is 2. The third kappa shape index (κ3) is 5.03. The van der Waals surface area contributed by atoms with Crippen LogP contribution < -0.4 is 20.0 Å². The fourth-order valence-electron chi connectivity index (χ4n) is 4.69. The Balaban J connectivity index is 1.22. The second-order valence-corrected chi connectivity index (χ2v) is 9.04. The molecule has 1 N–H and O–H groups in total. The summed E-state index contributed by atoms with van der Waals surface area (Å²) < 4.78 is 40.7. The molecule has 3 aliphatic heterocycles. The van der Waals surface area contributed by atoms with Crippen molar-refractivity contribution in [3.8, 4) is 0 Å². The number of carbonyl (C=O) groups excluding carboxylic acids is 2. The highest BCUT2D eigenvalue weighted by Gasteiger charge is 2.34. The number of amides is 2. The molecule has 1 atom stereocenters. The highest BCUT2D eigenvalue weighted by molar-refractivity contribution is 5.90. The summed E-state index contributed by atoms with van der Waals surface area (Å²) in [6.07, 6.45) is -0.110. The Kier molecular flexibility index (Phi) is 6.85. The summed E-state index contributed by atoms with van der Waals surface area (Å²) in [6, 6.07) is 2.26. The van der Waals surface area contributed by atoms with Gasteiger partial charge in [0.25, 0.3) is 5.95 Å². The van der Waals surface area contributed by atoms with Gasteiger partial charge in [-0.25, -0.2) is 13.6 Å². The SMILES string of the molecule is CC(=O)NC[C@H]1CN(c2cc(F)c(N3CCC(n4nnc(N5CCOCC5)n4)CC3)c(F)c2)C(=O)O1. The van der Waals surface area contributed by atoms with Crippen molar-refractivity contribution in [2.45, 2.75) is 31.9 Å². The number of piperidine rings is 1. The number of anilines is 3. The number of cyclic esters (lactones) is 1. The molecule has 3 fully saturated rings. The Hall–Kier alpha value is -3.55. The van der Waals surface area contributed by atoms with E-state index in [1.807, 2.05) is 4.90 Å². The van der Waals surface area contributed by atoms with Crippen molar-refractivity contribution in [1.29, 1.82) is 0 Å². The molecule has 0 aliphatic carbocycles. The van der Waals surface area contributed by atoms with E-state index in [4.69, 9.17) is 9.47 Å². The van der Waals surface area contributed by atoms with Gasteiger partial charge in [0.05, 0.1) is 38.0 Å². The number of hydrogen-bond acceptors (Lipinski definition) is 9. The first kappa shape index (κ1) is 24.2. The topological polar surface area (TPSA) is 118 Å². The lowest BCUT2D eigenvalue weighted by molar-refractivity contribution is -0.119. The number of rotatable bonds is 6. The van der Waals surface area contributed by atoms with E-state index in [2.05, 4.69) is 20.7 Å². The van der Waals surface area contributed by atoms with Gasteiger partial charge in [0, 0.05) is 45.2 Å². The standard InChI is InChI=1S/C22H28F2N8O4/c1-14(33)25-12-17-13-31(22(34)36-17)16-10-18(23)20(19(24)11-16)29-4-2-15(3-5-29)32-27-21(26-28-32)30-6-8-35-9-7-30/h10-11,15,17H,2-9,12-13H2,1H3,(H,25,33)/t17-/m0/s1. The van der Waals surface area contributed by atoms with Crippen LogP contribution in [0.25, 0.3) is 0 Å². The van der Waals surface area contributed by atoms with Crippen LogP contribution >= 0.6 is 0 Å². The summed E-state index contributed by atoms with van der Waals surface area (Å²) in [5.41, 5.74) is -0.0541. The number of morpholine rings is 1. The minimum atomic E-state index is -0.755. The molecule has 0 radical (unpaired) electrons. The van der Waals surface area contributed by atoms with Crippen LogP contribution in [0.1, 0.15) is 25.8 Å². The first-order chi connectivity index (χ1) is 17.4. The van der Waals surface area contributed by atoms with Crippen LogP contribution in [0.15, 0.2) is 12.1 Å². The summed E-state index contributed by atoms with van der Waals surface area (Å²) in [4.78, 5) is 29.7. The molecule has 36 heavy (non-hydrogen) atoms. The number of nitrogens with zero attached hydrogens (tertiary/aromatic N) is 7. The quantitative estimate of drug-likeness (QED) is 0.614. The normalized spacial score (nSPS) is 21.1. The fourth-order valence-corrected chi connectivity index (χ4v) is 4.69. The third-order valence-corrected chi connectivity index (χ3v) is 6.59. The Morgan fingerprint density at radius 2 is 1.81 bits per heavy atom. The maximum atomic E-state index is 15.1. The number of nitrogens with one attached hydrogen (secondary N) is 1. The molecule has 0 unspecified atom stereocenters. The summed E-state index contributed by atoms with van der Waals surface area (Å²) in [5.74, 6) is -1.20. The number of tetrazole rings is 1. The molecule has 2 aromatic rings. The van der Waals surface area contributed by atoms with Crippen molar-refractivity contribution < 1.29 is 27.8 Å². The van der Waals surface area contributed by atoms with E-state index in [1.165, 1.54) is 6.92 Å². The molecule has 1 aromatic carbocycles. The molecule has 2 amide bonds. The van der Waals surface area contributed by atoms with Crippen molar-refractivity contribution in [2.24, 2.45) is 0 Å². The second kappa shape index (κ2) is 10.2. The number of aromatic nitrogens is 4. The third-order valence-electron chi connectivity index (χ3n) is 6.59. The molecule has 4 heterocycles. The molecule has 3 aliphatic rings. The van der Waals surface area contributed by atoms with E-state index in [0.29, 0.717) is 58.2 Å². The maximum absolute atomic E-state index is 15.1. The van der Waals surface area contributed by atoms with Crippen LogP contribution in [0.3, 0.4) is 0 Å². The molecule has 5 rings (SSSR count). The van der Waals surface area contributed by atoms with E-state index in [-0.39, 0.29) is 36.4 Å². The zero-order valence-electron chi connectivity index (χ0n) is 19.9. The van der Waals surface area contributed by atoms with Crippen LogP contribution in [0.2, 0.25) is 0 Å². The van der Waals surface area contributed by atoms with Crippen LogP contribution in [-0.4, -0.2) is 90.8 Å². The van der Waals surface area contributed by atoms with Crippen LogP contribution in [0.4, 0.5) is 30.9 Å². The van der Waals surface area contributed by atoms with Gasteiger partial charge < -0.3 is 24.6 Å². The minimum Gasteiger partial charge on any atom is -0.442 e. The zero-order valence-corrected chi connectivity index (χ0v) is 19.9. The molecule has 1 aromatic heterocycles. The molecule has 0 bridgehead atoms. The van der Waals surface area contributed by atoms with Gasteiger partial charge in [0.1, 0.15) is 11.8 Å². The predicted molar refractivity (Wildman–Crippen MR) is 124 cm³/mol. The fraction of sp³-hybridized carbons (Fsp3) is 0.591. The van der Waals surface area contributed by atoms with Crippen molar-refractivity contribution in [2.75, 3.05) is 67.2 Å². The summed E-state index contributed by atoms with van der Waals surface area (Å²) in [5, 5.41) is 15.4. The van der Waals surface area contributed by atoms with Gasteiger partial charge in [-0.3, -0.25) is 9.69 Å². The molecule has 12 nitrogen and oxygen atoms in total. The lowest BCUT2D eigenvalue weighted by atomic mass is 10.0. The first-order valence-electron chi connectivity index (χ1n) is 12.0. The number of benzene rings is 1. The second-order valence-electron chi connectivity index (χ2n) is 9.04. The molecule has 14 heteroatoms. The van der Waals surface area contributed by atoms with Crippen LogP contribution in [0.5, 0.6) is 0 Å². The summed E-state index contributed by atoms with van der Waals surface area (Å²) >= 11 is 0. The van der Waals surface area contributed by atoms with E-state index in [0.717, 1.165) is 17.0 Å². The van der Waals surface area contributed by atoms with Gasteiger partial charge in [0.15, 0.2) is 11.6 Å². The van der Waals surface area contributed by atoms with Crippen molar-refractivity contribution in [1.82, 2.24) is 25.5 Å². The smallest absolute Gasteiger partial charge is 0.414 e. The van der Waals surface area contributed by atoms with Gasteiger partial charge in [-0.2, -0.15) is 4.80 Å². The molecule has 194 valence electrons. The number of halogens is 2. The van der Waals surface area contributed by atoms with Crippen molar-refractivity contribution >= 4 is 29.3 Å². The Labute approximate surface area is 206 Å². The van der Waals surface area contributed by atoms with Crippen molar-refractivity contribution in [3.63, 3.8) is 0 Å². The minimum absolute atomic E-state index is 0.0196. The predicted octanol–water partition coefficient (Wildman–Crippen LogP) is 1.09. The molecule has 0 spiro atoms. The van der Waals surface area contributed by atoms with E-state index in [9.17, 15) is 9.59 Å². The number of hydrogen-bond donors (Lipinski definition) is 1. The monoisotopic (exact) mass is 506 g/mol. The molecule has 3 saturated heterocycles. The molecular weight excluding hydrogens is 478 g/mol. The first-order valence-corrected chi connectivity index (χ1v) is 12.0. The van der Waals surface area contributed by atoms with Gasteiger partial charge in [-0.1, -0.05) is 5.10 Å². The largest absolute Gasteiger partial charge is 0.442 e. The van der Waals surface area contributed by atoms with E-state index in [1.54, 1.807) is 9.70 Å². The average Bonchev–Trinajstić information content (AvgIpc) is 3.50. The van der Waals surface area contributed by atoms with E-state index >= 15 is 8.78 Å². The highest BCUT2D eigenvalue weighted by Crippen LogP contribution is 2.34. The average molecular weight is 507 g/mol. The molecule has 0 saturated carbocycles. The maximum Gasteiger partial charge on any atom is 0.414 e. The van der Waals surface area contributed by atoms with Gasteiger partial charge in [0.2, 0.25) is 5.91 Å².